The first-order chi connectivity index (χ1) is 21.1. The molecule has 44 heavy (non-hydrogen) atoms. The number of hydrogen-bond donors (Lipinski definition) is 1. The number of aliphatic imine (C=N–C) groups is 1. The molecular formula is C37H58N2O5. The number of allylic oxidation sites excluding steroid dienone is 4. The molecule has 0 aromatic heterocycles. The maximum Gasteiger partial charge on any atom is 0.323 e. The van der Waals surface area contributed by atoms with Crippen LogP contribution in [0.4, 0.5) is 5.69 Å². The van der Waals surface area contributed by atoms with E-state index in [1.54, 1.807) is 6.92 Å². The molecule has 0 amide bonds. The van der Waals surface area contributed by atoms with Crippen molar-refractivity contribution in [3.8, 4) is 0 Å². The van der Waals surface area contributed by atoms with Gasteiger partial charge in [-0.05, 0) is 92.2 Å². The van der Waals surface area contributed by atoms with E-state index >= 15 is 0 Å². The zero-order valence-corrected chi connectivity index (χ0v) is 28.6. The molecule has 1 aromatic carbocycles. The van der Waals surface area contributed by atoms with E-state index in [1.165, 1.54) is 19.3 Å². The molecule has 2 aliphatic heterocycles. The second kappa shape index (κ2) is 20.4. The molecule has 2 aliphatic rings. The summed E-state index contributed by atoms with van der Waals surface area (Å²) in [5.41, 5.74) is 5.56. The largest absolute Gasteiger partial charge is 0.461 e. The van der Waals surface area contributed by atoms with Crippen molar-refractivity contribution in [1.82, 2.24) is 5.32 Å². The minimum Gasteiger partial charge on any atom is -0.461 e. The first-order valence-corrected chi connectivity index (χ1v) is 16.6. The second-order valence-electron chi connectivity index (χ2n) is 12.8. The molecule has 246 valence electrons. The molecule has 7 heteroatoms. The van der Waals surface area contributed by atoms with Crippen LogP contribution >= 0.6 is 0 Å². The fraction of sp³-hybridized carbons (Fsp3) is 0.649. The Hall–Kier alpha value is -2.61. The Morgan fingerprint density at radius 3 is 2.23 bits per heavy atom. The van der Waals surface area contributed by atoms with Crippen LogP contribution in [0.2, 0.25) is 0 Å². The van der Waals surface area contributed by atoms with Gasteiger partial charge in [0.05, 0.1) is 24.6 Å². The molecule has 2 saturated heterocycles. The first kappa shape index (κ1) is 37.6. The van der Waals surface area contributed by atoms with Crippen LogP contribution in [-0.2, 0) is 30.3 Å². The fourth-order valence-corrected chi connectivity index (χ4v) is 5.30. The van der Waals surface area contributed by atoms with E-state index in [9.17, 15) is 9.59 Å². The van der Waals surface area contributed by atoms with Crippen LogP contribution in [0, 0.1) is 24.7 Å². The highest BCUT2D eigenvalue weighted by Crippen LogP contribution is 2.25. The lowest BCUT2D eigenvalue weighted by molar-refractivity contribution is -0.156. The maximum atomic E-state index is 12.9. The predicted octanol–water partition coefficient (Wildman–Crippen LogP) is 7.86. The molecule has 0 bridgehead atoms. The lowest BCUT2D eigenvalue weighted by atomic mass is 9.97. The number of benzene rings is 1. The number of aldehydes is 1. The van der Waals surface area contributed by atoms with Gasteiger partial charge in [-0.25, -0.2) is 0 Å². The van der Waals surface area contributed by atoms with Gasteiger partial charge in [-0.3, -0.25) is 14.6 Å². The summed E-state index contributed by atoms with van der Waals surface area (Å²) in [6.07, 6.45) is 10.8. The Kier molecular flexibility index (Phi) is 17.4. The quantitative estimate of drug-likeness (QED) is 0.0804. The molecule has 3 rings (SSSR count). The number of carbonyl (C=O) groups excluding carboxylic acids is 2. The van der Waals surface area contributed by atoms with Crippen molar-refractivity contribution in [2.45, 2.75) is 113 Å². The molecular weight excluding hydrogens is 552 g/mol. The third-order valence-corrected chi connectivity index (χ3v) is 8.15. The Morgan fingerprint density at radius 1 is 1.07 bits per heavy atom. The van der Waals surface area contributed by atoms with E-state index in [-0.39, 0.29) is 24.0 Å². The summed E-state index contributed by atoms with van der Waals surface area (Å²) in [6, 6.07) is 5.84. The van der Waals surface area contributed by atoms with Gasteiger partial charge < -0.3 is 19.5 Å². The number of aryl methyl sites for hydroxylation is 1. The summed E-state index contributed by atoms with van der Waals surface area (Å²) in [5.74, 6) is 1.32. The molecule has 0 saturated carbocycles. The van der Waals surface area contributed by atoms with Gasteiger partial charge in [0.2, 0.25) is 0 Å². The number of nitrogens with zero attached hydrogens (tertiary/aromatic N) is 1. The van der Waals surface area contributed by atoms with Crippen molar-refractivity contribution in [3.63, 3.8) is 0 Å². The first-order valence-electron chi connectivity index (χ1n) is 16.6. The van der Waals surface area contributed by atoms with Crippen LogP contribution in [0.3, 0.4) is 0 Å². The smallest absolute Gasteiger partial charge is 0.323 e. The molecule has 2 fully saturated rings. The van der Waals surface area contributed by atoms with E-state index in [0.717, 1.165) is 66.4 Å². The number of hydrogen-bond acceptors (Lipinski definition) is 7. The topological polar surface area (TPSA) is 86.2 Å². The average molecular weight is 611 g/mol. The highest BCUT2D eigenvalue weighted by atomic mass is 16.6. The van der Waals surface area contributed by atoms with Crippen LogP contribution in [0.5, 0.6) is 0 Å². The molecule has 1 atom stereocenters. The monoisotopic (exact) mass is 610 g/mol. The molecule has 2 heterocycles. The third kappa shape index (κ3) is 13.6. The minimum atomic E-state index is -0.363. The zero-order valence-electron chi connectivity index (χ0n) is 28.6. The average Bonchev–Trinajstić information content (AvgIpc) is 3.02. The molecule has 0 aliphatic carbocycles. The van der Waals surface area contributed by atoms with Crippen LogP contribution in [-0.4, -0.2) is 56.5 Å². The molecule has 1 N–H and O–H groups in total. The SMILES string of the molecule is C/C=C(\C=C(\C)C=O)C(=Nc1cc(CNC(CC(C)C)C(=O)OC2CCOCC2)ccc1C)C(C)C.CCC1CCOCC1. The van der Waals surface area contributed by atoms with Gasteiger partial charge >= 0.3 is 5.97 Å². The Bertz CT molecular complexity index is 1110. The standard InChI is InChI=1S/C30H44N2O4.C7H14O/c1-8-25(16-22(6)19-33)29(21(4)5)32-27-17-24(10-9-23(27)7)18-31-28(15-20(2)3)30(34)36-26-11-13-35-14-12-26;1-2-7-3-5-8-6-4-7/h8-10,16-17,19-21,26,28,31H,11-15,18H2,1-7H3;7H,2-6H2,1H3/b22-16-,25-8+,32-29?;. The van der Waals surface area contributed by atoms with Gasteiger partial charge in [0, 0.05) is 32.6 Å². The van der Waals surface area contributed by atoms with Gasteiger partial charge in [0.15, 0.2) is 0 Å². The Morgan fingerprint density at radius 2 is 1.70 bits per heavy atom. The second-order valence-corrected chi connectivity index (χ2v) is 12.8. The number of nitrogens with one attached hydrogen (secondary N) is 1. The van der Waals surface area contributed by atoms with E-state index in [1.807, 2.05) is 26.0 Å². The van der Waals surface area contributed by atoms with Gasteiger partial charge in [0.25, 0.3) is 0 Å². The molecule has 0 spiro atoms. The lowest BCUT2D eigenvalue weighted by Crippen LogP contribution is -2.41. The Labute approximate surface area is 266 Å². The third-order valence-electron chi connectivity index (χ3n) is 8.15. The molecule has 1 aromatic rings. The van der Waals surface area contributed by atoms with Gasteiger partial charge in [-0.1, -0.05) is 59.2 Å². The summed E-state index contributed by atoms with van der Waals surface area (Å²) in [5, 5.41) is 3.43. The van der Waals surface area contributed by atoms with E-state index in [0.29, 0.717) is 37.7 Å². The molecule has 7 nitrogen and oxygen atoms in total. The van der Waals surface area contributed by atoms with Crippen LogP contribution in [0.25, 0.3) is 0 Å². The number of esters is 1. The van der Waals surface area contributed by atoms with Crippen molar-refractivity contribution in [1.29, 1.82) is 0 Å². The van der Waals surface area contributed by atoms with Crippen molar-refractivity contribution in [2.24, 2.45) is 22.7 Å². The van der Waals surface area contributed by atoms with Gasteiger partial charge in [0.1, 0.15) is 18.4 Å². The zero-order chi connectivity index (χ0) is 32.5. The normalized spacial score (nSPS) is 18.2. The van der Waals surface area contributed by atoms with Crippen LogP contribution in [0.1, 0.15) is 98.1 Å². The summed E-state index contributed by atoms with van der Waals surface area (Å²) >= 11 is 0. The van der Waals surface area contributed by atoms with Gasteiger partial charge in [-0.2, -0.15) is 0 Å². The molecule has 0 radical (unpaired) electrons. The Balaban J connectivity index is 0.000000727. The van der Waals surface area contributed by atoms with Crippen molar-refractivity contribution < 1.29 is 23.8 Å². The summed E-state index contributed by atoms with van der Waals surface area (Å²) < 4.78 is 16.4. The van der Waals surface area contributed by atoms with E-state index in [2.05, 4.69) is 58.1 Å². The minimum absolute atomic E-state index is 0.0600. The highest BCUT2D eigenvalue weighted by Gasteiger charge is 2.25. The summed E-state index contributed by atoms with van der Waals surface area (Å²) in [6.45, 7) is 20.3. The van der Waals surface area contributed by atoms with Crippen molar-refractivity contribution in [2.75, 3.05) is 26.4 Å². The predicted molar refractivity (Wildman–Crippen MR) is 181 cm³/mol. The van der Waals surface area contributed by atoms with Crippen molar-refractivity contribution >= 4 is 23.7 Å². The van der Waals surface area contributed by atoms with E-state index < -0.39 is 0 Å². The summed E-state index contributed by atoms with van der Waals surface area (Å²) in [7, 11) is 0. The number of rotatable bonds is 13. The van der Waals surface area contributed by atoms with Crippen LogP contribution in [0.15, 0.2) is 46.5 Å². The van der Waals surface area contributed by atoms with Crippen LogP contribution < -0.4 is 5.32 Å². The van der Waals surface area contributed by atoms with Crippen molar-refractivity contribution in [3.05, 3.63) is 52.6 Å². The number of ether oxygens (including phenoxy) is 3. The number of carbonyl (C=O) groups is 2. The fourth-order valence-electron chi connectivity index (χ4n) is 5.30. The highest BCUT2D eigenvalue weighted by molar-refractivity contribution is 6.06. The summed E-state index contributed by atoms with van der Waals surface area (Å²) in [4.78, 5) is 29.1. The molecule has 1 unspecified atom stereocenters. The lowest BCUT2D eigenvalue weighted by Gasteiger charge is -2.26. The van der Waals surface area contributed by atoms with Gasteiger partial charge in [-0.15, -0.1) is 0 Å². The van der Waals surface area contributed by atoms with E-state index in [4.69, 9.17) is 19.2 Å². The maximum absolute atomic E-state index is 12.9.